The van der Waals surface area contributed by atoms with Crippen LogP contribution in [0.5, 0.6) is 0 Å². The molecule has 0 unspecified atom stereocenters. The monoisotopic (exact) mass is 360 g/mol. The van der Waals surface area contributed by atoms with Gasteiger partial charge in [-0.3, -0.25) is 14.4 Å². The van der Waals surface area contributed by atoms with Crippen LogP contribution in [0.15, 0.2) is 24.3 Å². The maximum absolute atomic E-state index is 12.1. The van der Waals surface area contributed by atoms with E-state index in [0.717, 1.165) is 31.2 Å². The predicted octanol–water partition coefficient (Wildman–Crippen LogP) is 2.72. The maximum atomic E-state index is 12.1. The normalized spacial score (nSPS) is 14.8. The molecular formula is C20H28N2O4. The molecule has 26 heavy (non-hydrogen) atoms. The molecule has 1 saturated carbocycles. The van der Waals surface area contributed by atoms with E-state index in [2.05, 4.69) is 10.6 Å². The summed E-state index contributed by atoms with van der Waals surface area (Å²) in [5.74, 6) is -0.844. The molecule has 1 fully saturated rings. The van der Waals surface area contributed by atoms with Crippen LogP contribution < -0.4 is 10.6 Å². The zero-order valence-corrected chi connectivity index (χ0v) is 15.5. The Labute approximate surface area is 154 Å². The lowest BCUT2D eigenvalue weighted by Crippen LogP contribution is -2.32. The van der Waals surface area contributed by atoms with E-state index >= 15 is 0 Å². The first kappa shape index (κ1) is 19.9. The molecule has 2 rings (SSSR count). The third kappa shape index (κ3) is 5.58. The van der Waals surface area contributed by atoms with Crippen LogP contribution in [0.1, 0.15) is 61.9 Å². The van der Waals surface area contributed by atoms with Crippen LogP contribution >= 0.6 is 0 Å². The van der Waals surface area contributed by atoms with Crippen molar-refractivity contribution < 1.29 is 19.5 Å². The number of carbonyl (C=O) groups excluding carboxylic acids is 2. The third-order valence-corrected chi connectivity index (χ3v) is 5.02. The Kier molecular flexibility index (Phi) is 6.77. The molecule has 0 radical (unpaired) electrons. The molecule has 0 saturated heterocycles. The fraction of sp³-hybridized carbons (Fsp3) is 0.550. The van der Waals surface area contributed by atoms with E-state index < -0.39 is 11.4 Å². The van der Waals surface area contributed by atoms with Gasteiger partial charge in [-0.1, -0.05) is 25.0 Å². The molecule has 6 nitrogen and oxygen atoms in total. The van der Waals surface area contributed by atoms with Crippen LogP contribution in [0.3, 0.4) is 0 Å². The lowest BCUT2D eigenvalue weighted by atomic mass is 9.90. The number of carbonyl (C=O) groups is 3. The van der Waals surface area contributed by atoms with Crippen molar-refractivity contribution in [3.8, 4) is 0 Å². The van der Waals surface area contributed by atoms with Crippen LogP contribution in [0.25, 0.3) is 0 Å². The summed E-state index contributed by atoms with van der Waals surface area (Å²) < 4.78 is 0. The summed E-state index contributed by atoms with van der Waals surface area (Å²) in [6.45, 7) is 4.04. The molecular weight excluding hydrogens is 332 g/mol. The van der Waals surface area contributed by atoms with Gasteiger partial charge in [-0.15, -0.1) is 0 Å². The molecule has 0 bridgehead atoms. The molecule has 0 heterocycles. The van der Waals surface area contributed by atoms with E-state index in [1.807, 2.05) is 12.1 Å². The second kappa shape index (κ2) is 8.83. The predicted molar refractivity (Wildman–Crippen MR) is 98.6 cm³/mol. The van der Waals surface area contributed by atoms with Gasteiger partial charge in [-0.2, -0.15) is 0 Å². The van der Waals surface area contributed by atoms with E-state index in [1.165, 1.54) is 0 Å². The van der Waals surface area contributed by atoms with Crippen LogP contribution in [0, 0.1) is 11.3 Å². The number of hydrogen-bond donors (Lipinski definition) is 3. The molecule has 6 heteroatoms. The highest BCUT2D eigenvalue weighted by Crippen LogP contribution is 2.24. The molecule has 0 atom stereocenters. The highest BCUT2D eigenvalue weighted by atomic mass is 16.4. The van der Waals surface area contributed by atoms with Crippen molar-refractivity contribution in [3.63, 3.8) is 0 Å². The molecule has 0 spiro atoms. The van der Waals surface area contributed by atoms with Gasteiger partial charge in [-0.25, -0.2) is 0 Å². The van der Waals surface area contributed by atoms with E-state index in [0.29, 0.717) is 25.1 Å². The van der Waals surface area contributed by atoms with Gasteiger partial charge in [0.2, 0.25) is 5.91 Å². The largest absolute Gasteiger partial charge is 0.481 e. The minimum Gasteiger partial charge on any atom is -0.481 e. The maximum Gasteiger partial charge on any atom is 0.309 e. The second-order valence-electron chi connectivity index (χ2n) is 7.59. The Bertz CT molecular complexity index is 646. The number of carboxylic acids is 1. The lowest BCUT2D eigenvalue weighted by Gasteiger charge is -2.18. The Hall–Kier alpha value is -2.37. The van der Waals surface area contributed by atoms with Crippen molar-refractivity contribution in [1.29, 1.82) is 0 Å². The first-order valence-corrected chi connectivity index (χ1v) is 9.18. The fourth-order valence-corrected chi connectivity index (χ4v) is 2.99. The Morgan fingerprint density at radius 1 is 1.08 bits per heavy atom. The van der Waals surface area contributed by atoms with Crippen molar-refractivity contribution in [2.45, 2.75) is 52.5 Å². The van der Waals surface area contributed by atoms with Crippen molar-refractivity contribution in [2.24, 2.45) is 11.3 Å². The summed E-state index contributed by atoms with van der Waals surface area (Å²) in [6.07, 6.45) is 4.57. The number of amides is 2. The van der Waals surface area contributed by atoms with Gasteiger partial charge in [0, 0.05) is 24.6 Å². The summed E-state index contributed by atoms with van der Waals surface area (Å²) in [6, 6.07) is 7.08. The Morgan fingerprint density at radius 3 is 2.27 bits per heavy atom. The quantitative estimate of drug-likeness (QED) is 0.664. The Balaban J connectivity index is 1.78. The third-order valence-electron chi connectivity index (χ3n) is 5.02. The van der Waals surface area contributed by atoms with E-state index in [9.17, 15) is 14.4 Å². The highest BCUT2D eigenvalue weighted by Gasteiger charge is 2.26. The first-order valence-electron chi connectivity index (χ1n) is 9.18. The number of carboxylic acid groups (broad SMARTS) is 1. The van der Waals surface area contributed by atoms with Gasteiger partial charge in [0.25, 0.3) is 5.91 Å². The smallest absolute Gasteiger partial charge is 0.309 e. The van der Waals surface area contributed by atoms with Gasteiger partial charge in [0.15, 0.2) is 0 Å². The van der Waals surface area contributed by atoms with Gasteiger partial charge >= 0.3 is 5.97 Å². The van der Waals surface area contributed by atoms with Crippen LogP contribution in [-0.2, 0) is 16.1 Å². The summed E-state index contributed by atoms with van der Waals surface area (Å²) >= 11 is 0. The van der Waals surface area contributed by atoms with Crippen LogP contribution in [0.2, 0.25) is 0 Å². The second-order valence-corrected chi connectivity index (χ2v) is 7.59. The fourth-order valence-electron chi connectivity index (χ4n) is 2.99. The van der Waals surface area contributed by atoms with Crippen molar-refractivity contribution in [1.82, 2.24) is 10.6 Å². The van der Waals surface area contributed by atoms with Crippen LogP contribution in [-0.4, -0.2) is 29.4 Å². The summed E-state index contributed by atoms with van der Waals surface area (Å²) in [5.41, 5.74) is 0.596. The minimum absolute atomic E-state index is 0.116. The standard InChI is InChI=1S/C20H28N2O4/c1-20(2,19(25)26)11-12-21-17(23)16-9-7-14(8-10-16)13-22-18(24)15-5-3-4-6-15/h7-10,15H,3-6,11-13H2,1-2H3,(H,21,23)(H,22,24)(H,25,26). The number of nitrogens with one attached hydrogen (secondary N) is 2. The van der Waals surface area contributed by atoms with E-state index in [-0.39, 0.29) is 17.7 Å². The molecule has 0 aromatic heterocycles. The summed E-state index contributed by atoms with van der Waals surface area (Å²) in [5, 5.41) is 14.8. The molecule has 3 N–H and O–H groups in total. The number of hydrogen-bond acceptors (Lipinski definition) is 3. The van der Waals surface area contributed by atoms with Crippen molar-refractivity contribution >= 4 is 17.8 Å². The van der Waals surface area contributed by atoms with Gasteiger partial charge in [0.1, 0.15) is 0 Å². The average molecular weight is 360 g/mol. The Morgan fingerprint density at radius 2 is 1.69 bits per heavy atom. The van der Waals surface area contributed by atoms with Gasteiger partial charge in [-0.05, 0) is 50.8 Å². The number of aliphatic carboxylic acids is 1. The molecule has 1 aliphatic rings. The zero-order chi connectivity index (χ0) is 19.2. The SMILES string of the molecule is CC(C)(CCNC(=O)c1ccc(CNC(=O)C2CCCC2)cc1)C(=O)O. The minimum atomic E-state index is -0.879. The lowest BCUT2D eigenvalue weighted by molar-refractivity contribution is -0.147. The molecule has 1 aromatic rings. The highest BCUT2D eigenvalue weighted by molar-refractivity contribution is 5.94. The van der Waals surface area contributed by atoms with Crippen LogP contribution in [0.4, 0.5) is 0 Å². The van der Waals surface area contributed by atoms with Gasteiger partial charge < -0.3 is 15.7 Å². The number of benzene rings is 1. The molecule has 2 amide bonds. The molecule has 142 valence electrons. The van der Waals surface area contributed by atoms with Crippen molar-refractivity contribution in [3.05, 3.63) is 35.4 Å². The van der Waals surface area contributed by atoms with Gasteiger partial charge in [0.05, 0.1) is 5.41 Å². The first-order chi connectivity index (χ1) is 12.3. The topological polar surface area (TPSA) is 95.5 Å². The molecule has 0 aliphatic heterocycles. The molecule has 1 aromatic carbocycles. The summed E-state index contributed by atoms with van der Waals surface area (Å²) in [4.78, 5) is 35.2. The van der Waals surface area contributed by atoms with Crippen molar-refractivity contribution in [2.75, 3.05) is 6.54 Å². The summed E-state index contributed by atoms with van der Waals surface area (Å²) in [7, 11) is 0. The zero-order valence-electron chi connectivity index (χ0n) is 15.5. The molecule has 1 aliphatic carbocycles. The van der Waals surface area contributed by atoms with E-state index in [1.54, 1.807) is 26.0 Å². The van der Waals surface area contributed by atoms with E-state index in [4.69, 9.17) is 5.11 Å². The average Bonchev–Trinajstić information content (AvgIpc) is 3.14. The number of rotatable bonds is 8.